The Kier molecular flexibility index (Phi) is 4.96. The number of alkyl halides is 1. The number of aromatic amines is 1. The molecule has 1 rings (SSSR count). The second-order valence-electron chi connectivity index (χ2n) is 3.56. The van der Waals surface area contributed by atoms with E-state index >= 15 is 0 Å². The fourth-order valence-corrected chi connectivity index (χ4v) is 1.37. The molecule has 7 heteroatoms. The first-order valence-electron chi connectivity index (χ1n) is 5.30. The number of nitro groups is 1. The van der Waals surface area contributed by atoms with E-state index in [9.17, 15) is 14.9 Å². The average Bonchev–Trinajstić information content (AvgIpc) is 2.78. The molecular formula is C10H14ClN3O3. The zero-order chi connectivity index (χ0) is 12.8. The van der Waals surface area contributed by atoms with Crippen molar-refractivity contribution in [3.63, 3.8) is 0 Å². The van der Waals surface area contributed by atoms with E-state index in [4.69, 9.17) is 11.6 Å². The van der Waals surface area contributed by atoms with Crippen LogP contribution in [0, 0.1) is 10.1 Å². The molecule has 17 heavy (non-hydrogen) atoms. The molecule has 1 heterocycles. The first kappa shape index (κ1) is 13.5. The van der Waals surface area contributed by atoms with Gasteiger partial charge in [-0.2, -0.15) is 0 Å². The Bertz CT molecular complexity index is 405. The lowest BCUT2D eigenvalue weighted by Gasteiger charge is -2.06. The number of rotatable bonds is 6. The standard InChI is InChI=1S/C10H14ClN3O3/c1-2-7(11)5-6-12-10(15)8-3-4-9(13-8)14(16)17/h3-4,7,13H,2,5-6H2,1H3,(H,12,15). The highest BCUT2D eigenvalue weighted by Gasteiger charge is 2.14. The number of carbonyl (C=O) groups excluding carboxylic acids is 1. The molecule has 0 saturated carbocycles. The Hall–Kier alpha value is -1.56. The normalized spacial score (nSPS) is 12.1. The zero-order valence-electron chi connectivity index (χ0n) is 9.40. The summed E-state index contributed by atoms with van der Waals surface area (Å²) in [7, 11) is 0. The SMILES string of the molecule is CCC(Cl)CCNC(=O)c1ccc([N+](=O)[O-])[nH]1. The molecule has 0 aromatic carbocycles. The van der Waals surface area contributed by atoms with Crippen molar-refractivity contribution in [2.45, 2.75) is 25.1 Å². The van der Waals surface area contributed by atoms with Gasteiger partial charge in [0.1, 0.15) is 0 Å². The Labute approximate surface area is 103 Å². The van der Waals surface area contributed by atoms with Crippen molar-refractivity contribution >= 4 is 23.3 Å². The van der Waals surface area contributed by atoms with E-state index in [1.54, 1.807) is 0 Å². The lowest BCUT2D eigenvalue weighted by Crippen LogP contribution is -2.26. The number of amides is 1. The van der Waals surface area contributed by atoms with Crippen LogP contribution >= 0.6 is 11.6 Å². The maximum Gasteiger partial charge on any atom is 0.321 e. The predicted molar refractivity (Wildman–Crippen MR) is 64.3 cm³/mol. The Morgan fingerprint density at radius 1 is 1.65 bits per heavy atom. The van der Waals surface area contributed by atoms with Crippen LogP contribution in [0.5, 0.6) is 0 Å². The molecule has 0 aliphatic heterocycles. The Morgan fingerprint density at radius 2 is 2.35 bits per heavy atom. The zero-order valence-corrected chi connectivity index (χ0v) is 10.2. The molecule has 2 N–H and O–H groups in total. The summed E-state index contributed by atoms with van der Waals surface area (Å²) >= 11 is 5.89. The third-order valence-corrected chi connectivity index (χ3v) is 2.82. The Morgan fingerprint density at radius 3 is 2.88 bits per heavy atom. The summed E-state index contributed by atoms with van der Waals surface area (Å²) in [6.07, 6.45) is 1.51. The van der Waals surface area contributed by atoms with Gasteiger partial charge in [0.25, 0.3) is 5.91 Å². The molecule has 1 atom stereocenters. The summed E-state index contributed by atoms with van der Waals surface area (Å²) in [6.45, 7) is 2.42. The summed E-state index contributed by atoms with van der Waals surface area (Å²) in [6, 6.07) is 2.64. The van der Waals surface area contributed by atoms with E-state index in [0.717, 1.165) is 6.42 Å². The van der Waals surface area contributed by atoms with Crippen molar-refractivity contribution < 1.29 is 9.72 Å². The topological polar surface area (TPSA) is 88.0 Å². The lowest BCUT2D eigenvalue weighted by molar-refractivity contribution is -0.389. The molecule has 0 bridgehead atoms. The van der Waals surface area contributed by atoms with Gasteiger partial charge in [0.2, 0.25) is 0 Å². The molecule has 1 amide bonds. The predicted octanol–water partition coefficient (Wildman–Crippen LogP) is 2.06. The summed E-state index contributed by atoms with van der Waals surface area (Å²) in [5.41, 5.74) is 0.180. The second kappa shape index (κ2) is 6.24. The highest BCUT2D eigenvalue weighted by Crippen LogP contribution is 2.10. The maximum absolute atomic E-state index is 11.5. The minimum Gasteiger partial charge on any atom is -0.358 e. The van der Waals surface area contributed by atoms with Crippen LogP contribution in [-0.2, 0) is 0 Å². The van der Waals surface area contributed by atoms with Crippen molar-refractivity contribution in [1.29, 1.82) is 0 Å². The second-order valence-corrected chi connectivity index (χ2v) is 4.18. The monoisotopic (exact) mass is 259 g/mol. The van der Waals surface area contributed by atoms with Gasteiger partial charge in [-0.1, -0.05) is 6.92 Å². The summed E-state index contributed by atoms with van der Waals surface area (Å²) in [5, 5.41) is 13.1. The first-order valence-corrected chi connectivity index (χ1v) is 5.74. The lowest BCUT2D eigenvalue weighted by atomic mass is 10.2. The van der Waals surface area contributed by atoms with Gasteiger partial charge >= 0.3 is 5.82 Å². The molecule has 0 fully saturated rings. The molecule has 0 aliphatic carbocycles. The van der Waals surface area contributed by atoms with Crippen LogP contribution in [-0.4, -0.2) is 27.7 Å². The quantitative estimate of drug-likeness (QED) is 0.466. The van der Waals surface area contributed by atoms with Crippen LogP contribution in [0.15, 0.2) is 12.1 Å². The van der Waals surface area contributed by atoms with E-state index in [0.29, 0.717) is 13.0 Å². The average molecular weight is 260 g/mol. The van der Waals surface area contributed by atoms with Gasteiger partial charge in [0, 0.05) is 18.0 Å². The number of carbonyl (C=O) groups is 1. The number of halogens is 1. The summed E-state index contributed by atoms with van der Waals surface area (Å²) < 4.78 is 0. The number of hydrogen-bond acceptors (Lipinski definition) is 3. The molecular weight excluding hydrogens is 246 g/mol. The van der Waals surface area contributed by atoms with Gasteiger partial charge < -0.3 is 15.4 Å². The van der Waals surface area contributed by atoms with Crippen molar-refractivity contribution in [2.75, 3.05) is 6.54 Å². The largest absolute Gasteiger partial charge is 0.358 e. The van der Waals surface area contributed by atoms with Gasteiger partial charge in [-0.25, -0.2) is 4.98 Å². The van der Waals surface area contributed by atoms with Crippen molar-refractivity contribution in [3.05, 3.63) is 27.9 Å². The molecule has 0 spiro atoms. The smallest absolute Gasteiger partial charge is 0.321 e. The van der Waals surface area contributed by atoms with Crippen molar-refractivity contribution in [3.8, 4) is 0 Å². The third-order valence-electron chi connectivity index (χ3n) is 2.30. The number of aromatic nitrogens is 1. The van der Waals surface area contributed by atoms with E-state index in [-0.39, 0.29) is 22.8 Å². The molecule has 1 aromatic rings. The molecule has 0 saturated heterocycles. The van der Waals surface area contributed by atoms with Crippen LogP contribution in [0.3, 0.4) is 0 Å². The van der Waals surface area contributed by atoms with E-state index < -0.39 is 4.92 Å². The molecule has 0 aliphatic rings. The minimum absolute atomic E-state index is 0.0354. The highest BCUT2D eigenvalue weighted by molar-refractivity contribution is 6.20. The number of H-pyrrole nitrogens is 1. The minimum atomic E-state index is -0.581. The maximum atomic E-state index is 11.5. The van der Waals surface area contributed by atoms with Gasteiger partial charge in [0.15, 0.2) is 5.69 Å². The fourth-order valence-electron chi connectivity index (χ4n) is 1.26. The van der Waals surface area contributed by atoms with Crippen molar-refractivity contribution in [2.24, 2.45) is 0 Å². The van der Waals surface area contributed by atoms with Crippen LogP contribution in [0.2, 0.25) is 0 Å². The molecule has 6 nitrogen and oxygen atoms in total. The molecule has 94 valence electrons. The van der Waals surface area contributed by atoms with E-state index in [1.807, 2.05) is 6.92 Å². The van der Waals surface area contributed by atoms with E-state index in [2.05, 4.69) is 10.3 Å². The number of nitrogens with one attached hydrogen (secondary N) is 2. The fraction of sp³-hybridized carbons (Fsp3) is 0.500. The van der Waals surface area contributed by atoms with Crippen LogP contribution in [0.25, 0.3) is 0 Å². The molecule has 0 radical (unpaired) electrons. The van der Waals surface area contributed by atoms with Gasteiger partial charge in [-0.15, -0.1) is 11.6 Å². The van der Waals surface area contributed by atoms with Gasteiger partial charge in [-0.05, 0) is 23.8 Å². The number of nitrogens with zero attached hydrogens (tertiary/aromatic N) is 1. The highest BCUT2D eigenvalue weighted by atomic mass is 35.5. The van der Waals surface area contributed by atoms with Crippen LogP contribution < -0.4 is 5.32 Å². The first-order chi connectivity index (χ1) is 8.04. The Balaban J connectivity index is 2.44. The van der Waals surface area contributed by atoms with Gasteiger partial charge in [0.05, 0.1) is 0 Å². The molecule has 1 aromatic heterocycles. The van der Waals surface area contributed by atoms with Crippen LogP contribution in [0.4, 0.5) is 5.82 Å². The molecule has 1 unspecified atom stereocenters. The summed E-state index contributed by atoms with van der Waals surface area (Å²) in [5.74, 6) is -0.558. The van der Waals surface area contributed by atoms with E-state index in [1.165, 1.54) is 12.1 Å². The summed E-state index contributed by atoms with van der Waals surface area (Å²) in [4.78, 5) is 23.8. The number of hydrogen-bond donors (Lipinski definition) is 2. The van der Waals surface area contributed by atoms with Gasteiger partial charge in [-0.3, -0.25) is 4.79 Å². The van der Waals surface area contributed by atoms with Crippen LogP contribution in [0.1, 0.15) is 30.3 Å². The third kappa shape index (κ3) is 4.07. The van der Waals surface area contributed by atoms with Crippen molar-refractivity contribution in [1.82, 2.24) is 10.3 Å².